The van der Waals surface area contributed by atoms with Gasteiger partial charge in [-0.1, -0.05) is 19.3 Å². The van der Waals surface area contributed by atoms with Crippen LogP contribution in [0.2, 0.25) is 0 Å². The second kappa shape index (κ2) is 4.36. The molecule has 1 aliphatic carbocycles. The number of rotatable bonds is 2. The van der Waals surface area contributed by atoms with Crippen molar-refractivity contribution in [2.24, 2.45) is 11.6 Å². The van der Waals surface area contributed by atoms with E-state index in [4.69, 9.17) is 11.6 Å². The Labute approximate surface area is 74.4 Å². The molecule has 1 fully saturated rings. The van der Waals surface area contributed by atoms with Crippen LogP contribution >= 0.6 is 0 Å². The molecule has 0 aromatic heterocycles. The molecule has 1 saturated carbocycles. The van der Waals surface area contributed by atoms with Gasteiger partial charge in [-0.15, -0.1) is 0 Å². The van der Waals surface area contributed by atoms with Crippen LogP contribution in [0.25, 0.3) is 0 Å². The minimum Gasteiger partial charge on any atom is -0.403 e. The molecule has 3 nitrogen and oxygen atoms in total. The fraction of sp³-hybridized carbons (Fsp3) is 0.778. The summed E-state index contributed by atoms with van der Waals surface area (Å²) < 4.78 is 0. The number of allylic oxidation sites excluding steroid dienone is 1. The van der Waals surface area contributed by atoms with E-state index in [1.165, 1.54) is 32.1 Å². The van der Waals surface area contributed by atoms with Crippen LogP contribution in [0.5, 0.6) is 0 Å². The third kappa shape index (κ3) is 2.14. The summed E-state index contributed by atoms with van der Waals surface area (Å²) in [7, 11) is 0. The van der Waals surface area contributed by atoms with Gasteiger partial charge >= 0.3 is 0 Å². The van der Waals surface area contributed by atoms with E-state index >= 15 is 0 Å². The maximum absolute atomic E-state index is 5.89. The fourth-order valence-electron chi connectivity index (χ4n) is 1.73. The number of hydrogen-bond acceptors (Lipinski definition) is 3. The molecule has 0 saturated heterocycles. The third-order valence-electron chi connectivity index (χ3n) is 2.62. The lowest BCUT2D eigenvalue weighted by molar-refractivity contribution is 0.203. The van der Waals surface area contributed by atoms with Crippen molar-refractivity contribution < 1.29 is 0 Å². The second-order valence-electron chi connectivity index (χ2n) is 3.51. The van der Waals surface area contributed by atoms with E-state index in [0.29, 0.717) is 6.04 Å². The predicted octanol–water partition coefficient (Wildman–Crippen LogP) is 1.31. The average molecular weight is 169 g/mol. The molecule has 0 atom stereocenters. The van der Waals surface area contributed by atoms with Crippen LogP contribution in [-0.2, 0) is 0 Å². The summed E-state index contributed by atoms with van der Waals surface area (Å²) in [4.78, 5) is 0. The van der Waals surface area contributed by atoms with E-state index in [1.807, 2.05) is 11.9 Å². The normalized spacial score (nSPS) is 21.0. The molecule has 0 aromatic carbocycles. The topological polar surface area (TPSA) is 55.3 Å². The molecule has 0 aliphatic heterocycles. The highest BCUT2D eigenvalue weighted by molar-refractivity contribution is 4.95. The van der Waals surface area contributed by atoms with E-state index in [1.54, 1.807) is 6.20 Å². The standard InChI is InChI=1S/C9H19N3/c1-8(7-10)12(11)9-5-3-2-4-6-9/h7,9H,2-6,10-11H2,1H3/b8-7-. The Bertz CT molecular complexity index is 159. The lowest BCUT2D eigenvalue weighted by atomic mass is 9.95. The summed E-state index contributed by atoms with van der Waals surface area (Å²) in [6.07, 6.45) is 7.96. The van der Waals surface area contributed by atoms with Crippen molar-refractivity contribution in [2.45, 2.75) is 45.1 Å². The number of nitrogens with two attached hydrogens (primary N) is 2. The lowest BCUT2D eigenvalue weighted by Gasteiger charge is -2.32. The minimum atomic E-state index is 0.513. The Hall–Kier alpha value is -0.700. The molecule has 12 heavy (non-hydrogen) atoms. The molecule has 0 spiro atoms. The minimum absolute atomic E-state index is 0.513. The van der Waals surface area contributed by atoms with E-state index in [9.17, 15) is 0 Å². The molecule has 0 heterocycles. The molecular formula is C9H19N3. The van der Waals surface area contributed by atoms with E-state index in [0.717, 1.165) is 5.70 Å². The Kier molecular flexibility index (Phi) is 3.41. The Morgan fingerprint density at radius 2 is 1.92 bits per heavy atom. The van der Waals surface area contributed by atoms with Crippen LogP contribution in [0.4, 0.5) is 0 Å². The van der Waals surface area contributed by atoms with Gasteiger partial charge < -0.3 is 10.7 Å². The SMILES string of the molecule is C/C(=C/N)N(N)C1CCCCC1. The molecule has 3 heteroatoms. The van der Waals surface area contributed by atoms with Crippen molar-refractivity contribution in [3.63, 3.8) is 0 Å². The molecule has 0 radical (unpaired) electrons. The summed E-state index contributed by atoms with van der Waals surface area (Å²) >= 11 is 0. The van der Waals surface area contributed by atoms with Crippen molar-refractivity contribution in [2.75, 3.05) is 0 Å². The zero-order valence-corrected chi connectivity index (χ0v) is 7.79. The first-order valence-corrected chi connectivity index (χ1v) is 4.68. The van der Waals surface area contributed by atoms with E-state index in [2.05, 4.69) is 0 Å². The largest absolute Gasteiger partial charge is 0.403 e. The van der Waals surface area contributed by atoms with E-state index < -0.39 is 0 Å². The van der Waals surface area contributed by atoms with Gasteiger partial charge in [0.05, 0.1) is 0 Å². The van der Waals surface area contributed by atoms with Crippen molar-refractivity contribution in [3.8, 4) is 0 Å². The van der Waals surface area contributed by atoms with Crippen LogP contribution in [-0.4, -0.2) is 11.1 Å². The van der Waals surface area contributed by atoms with Crippen LogP contribution in [0, 0.1) is 0 Å². The van der Waals surface area contributed by atoms with Gasteiger partial charge in [-0.2, -0.15) is 0 Å². The van der Waals surface area contributed by atoms with Gasteiger partial charge in [-0.25, -0.2) is 5.84 Å². The first-order valence-electron chi connectivity index (χ1n) is 4.68. The Morgan fingerprint density at radius 3 is 2.42 bits per heavy atom. The van der Waals surface area contributed by atoms with Crippen molar-refractivity contribution in [1.29, 1.82) is 0 Å². The molecule has 1 aliphatic rings. The monoisotopic (exact) mass is 169 g/mol. The first-order chi connectivity index (χ1) is 5.75. The number of nitrogens with zero attached hydrogens (tertiary/aromatic N) is 1. The highest BCUT2D eigenvalue weighted by atomic mass is 15.4. The molecule has 0 aromatic rings. The van der Waals surface area contributed by atoms with Crippen molar-refractivity contribution in [3.05, 3.63) is 11.9 Å². The van der Waals surface area contributed by atoms with Crippen molar-refractivity contribution in [1.82, 2.24) is 5.01 Å². The maximum Gasteiger partial charge on any atom is 0.0449 e. The molecule has 0 bridgehead atoms. The predicted molar refractivity (Wildman–Crippen MR) is 50.8 cm³/mol. The summed E-state index contributed by atoms with van der Waals surface area (Å²) in [5.74, 6) is 5.89. The molecule has 0 amide bonds. The fourth-order valence-corrected chi connectivity index (χ4v) is 1.73. The van der Waals surface area contributed by atoms with Crippen molar-refractivity contribution >= 4 is 0 Å². The Morgan fingerprint density at radius 1 is 1.33 bits per heavy atom. The lowest BCUT2D eigenvalue weighted by Crippen LogP contribution is -2.40. The van der Waals surface area contributed by atoms with Gasteiger partial charge in [0, 0.05) is 17.9 Å². The molecule has 4 N–H and O–H groups in total. The molecule has 70 valence electrons. The zero-order chi connectivity index (χ0) is 8.97. The smallest absolute Gasteiger partial charge is 0.0449 e. The summed E-state index contributed by atoms with van der Waals surface area (Å²) in [5.41, 5.74) is 6.37. The van der Waals surface area contributed by atoms with Gasteiger partial charge in [0.15, 0.2) is 0 Å². The van der Waals surface area contributed by atoms with Gasteiger partial charge in [0.1, 0.15) is 0 Å². The second-order valence-corrected chi connectivity index (χ2v) is 3.51. The molecule has 1 rings (SSSR count). The molecule has 0 unspecified atom stereocenters. The number of hydrogen-bond donors (Lipinski definition) is 2. The number of hydrazine groups is 1. The van der Waals surface area contributed by atoms with Gasteiger partial charge in [-0.05, 0) is 19.8 Å². The first kappa shape index (κ1) is 9.39. The highest BCUT2D eigenvalue weighted by Gasteiger charge is 2.18. The molecular weight excluding hydrogens is 150 g/mol. The van der Waals surface area contributed by atoms with Gasteiger partial charge in [0.2, 0.25) is 0 Å². The Balaban J connectivity index is 2.44. The van der Waals surface area contributed by atoms with Crippen LogP contribution in [0.15, 0.2) is 11.9 Å². The summed E-state index contributed by atoms with van der Waals surface area (Å²) in [6.45, 7) is 1.95. The summed E-state index contributed by atoms with van der Waals surface area (Å²) in [5, 5.41) is 1.82. The summed E-state index contributed by atoms with van der Waals surface area (Å²) in [6, 6.07) is 0.513. The van der Waals surface area contributed by atoms with E-state index in [-0.39, 0.29) is 0 Å². The zero-order valence-electron chi connectivity index (χ0n) is 7.79. The van der Waals surface area contributed by atoms with Gasteiger partial charge in [0.25, 0.3) is 0 Å². The third-order valence-corrected chi connectivity index (χ3v) is 2.62. The quantitative estimate of drug-likeness (QED) is 0.484. The van der Waals surface area contributed by atoms with Crippen LogP contribution < -0.4 is 11.6 Å². The maximum atomic E-state index is 5.89. The van der Waals surface area contributed by atoms with Crippen LogP contribution in [0.1, 0.15) is 39.0 Å². The van der Waals surface area contributed by atoms with Gasteiger partial charge in [-0.3, -0.25) is 0 Å². The van der Waals surface area contributed by atoms with Crippen LogP contribution in [0.3, 0.4) is 0 Å². The highest BCUT2D eigenvalue weighted by Crippen LogP contribution is 2.22. The average Bonchev–Trinajstić information content (AvgIpc) is 2.17.